The quantitative estimate of drug-likeness (QED) is 0.669. The number of rotatable bonds is 6. The van der Waals surface area contributed by atoms with Gasteiger partial charge in [-0.2, -0.15) is 0 Å². The summed E-state index contributed by atoms with van der Waals surface area (Å²) in [7, 11) is 0. The number of nitrogens with two attached hydrogens (primary N) is 1. The highest BCUT2D eigenvalue weighted by atomic mass is 16.3. The van der Waals surface area contributed by atoms with Gasteiger partial charge in [-0.15, -0.1) is 0 Å². The number of unbranched alkanes of at least 4 members (excludes halogenated alkanes) is 1. The smallest absolute Gasteiger partial charge is 0.0611 e. The lowest BCUT2D eigenvalue weighted by molar-refractivity contribution is 0.127. The summed E-state index contributed by atoms with van der Waals surface area (Å²) >= 11 is 0. The Morgan fingerprint density at radius 2 is 1.92 bits per heavy atom. The molecule has 0 spiro atoms. The van der Waals surface area contributed by atoms with Crippen molar-refractivity contribution in [1.29, 1.82) is 0 Å². The topological polar surface area (TPSA) is 46.2 Å². The Morgan fingerprint density at radius 1 is 1.38 bits per heavy atom. The molecular formula is C11H25NO. The minimum Gasteiger partial charge on any atom is -0.394 e. The van der Waals surface area contributed by atoms with Crippen LogP contribution in [-0.4, -0.2) is 17.3 Å². The lowest BCUT2D eigenvalue weighted by atomic mass is 9.78. The molecule has 0 aromatic heterocycles. The van der Waals surface area contributed by atoms with Crippen LogP contribution in [0.3, 0.4) is 0 Å². The molecular weight excluding hydrogens is 162 g/mol. The summed E-state index contributed by atoms with van der Waals surface area (Å²) in [5.41, 5.74) is 5.56. The van der Waals surface area contributed by atoms with E-state index in [1.807, 2.05) is 6.92 Å². The van der Waals surface area contributed by atoms with Crippen LogP contribution < -0.4 is 5.73 Å². The number of hydrogen-bond donors (Lipinski definition) is 2. The van der Waals surface area contributed by atoms with Crippen molar-refractivity contribution in [3.63, 3.8) is 0 Å². The van der Waals surface area contributed by atoms with E-state index < -0.39 is 5.54 Å². The molecule has 0 aromatic carbocycles. The minimum atomic E-state index is -0.423. The van der Waals surface area contributed by atoms with Crippen molar-refractivity contribution < 1.29 is 5.11 Å². The zero-order valence-electron chi connectivity index (χ0n) is 9.51. The van der Waals surface area contributed by atoms with E-state index in [9.17, 15) is 0 Å². The van der Waals surface area contributed by atoms with Gasteiger partial charge in [0.05, 0.1) is 6.61 Å². The standard InChI is InChI=1S/C11H25NO/c1-5-6-7-9(2)10(3)11(4,12)8-13/h9-10,13H,5-8,12H2,1-4H3. The Morgan fingerprint density at radius 3 is 2.31 bits per heavy atom. The van der Waals surface area contributed by atoms with E-state index in [0.29, 0.717) is 11.8 Å². The molecule has 0 heterocycles. The maximum absolute atomic E-state index is 9.11. The second kappa shape index (κ2) is 5.61. The highest BCUT2D eigenvalue weighted by Gasteiger charge is 2.29. The van der Waals surface area contributed by atoms with Crippen LogP contribution in [0.15, 0.2) is 0 Å². The van der Waals surface area contributed by atoms with E-state index in [1.54, 1.807) is 0 Å². The largest absolute Gasteiger partial charge is 0.394 e. The maximum Gasteiger partial charge on any atom is 0.0611 e. The summed E-state index contributed by atoms with van der Waals surface area (Å²) in [4.78, 5) is 0. The second-order valence-corrected chi connectivity index (χ2v) is 4.57. The fourth-order valence-electron chi connectivity index (χ4n) is 1.57. The van der Waals surface area contributed by atoms with Crippen LogP contribution in [0, 0.1) is 11.8 Å². The highest BCUT2D eigenvalue weighted by molar-refractivity contribution is 4.86. The van der Waals surface area contributed by atoms with E-state index >= 15 is 0 Å². The van der Waals surface area contributed by atoms with Crippen LogP contribution in [-0.2, 0) is 0 Å². The highest BCUT2D eigenvalue weighted by Crippen LogP contribution is 2.26. The number of aliphatic hydroxyl groups is 1. The second-order valence-electron chi connectivity index (χ2n) is 4.57. The Labute approximate surface area is 82.5 Å². The van der Waals surface area contributed by atoms with Gasteiger partial charge in [0.1, 0.15) is 0 Å². The molecule has 0 saturated heterocycles. The molecule has 3 N–H and O–H groups in total. The molecule has 2 nitrogen and oxygen atoms in total. The Kier molecular flexibility index (Phi) is 5.57. The molecule has 0 saturated carbocycles. The maximum atomic E-state index is 9.11. The molecule has 0 fully saturated rings. The molecule has 0 amide bonds. The molecule has 13 heavy (non-hydrogen) atoms. The van der Waals surface area contributed by atoms with Gasteiger partial charge in [-0.3, -0.25) is 0 Å². The third kappa shape index (κ3) is 4.10. The van der Waals surface area contributed by atoms with Crippen molar-refractivity contribution in [2.24, 2.45) is 17.6 Å². The van der Waals surface area contributed by atoms with Gasteiger partial charge >= 0.3 is 0 Å². The van der Waals surface area contributed by atoms with Gasteiger partial charge in [0.15, 0.2) is 0 Å². The summed E-state index contributed by atoms with van der Waals surface area (Å²) in [6, 6.07) is 0. The van der Waals surface area contributed by atoms with E-state index in [2.05, 4.69) is 20.8 Å². The molecule has 80 valence electrons. The average Bonchev–Trinajstić information content (AvgIpc) is 2.12. The van der Waals surface area contributed by atoms with Crippen molar-refractivity contribution in [2.75, 3.05) is 6.61 Å². The van der Waals surface area contributed by atoms with Gasteiger partial charge in [0.2, 0.25) is 0 Å². The molecule has 2 heteroatoms. The summed E-state index contributed by atoms with van der Waals surface area (Å²) in [6.07, 6.45) is 3.70. The summed E-state index contributed by atoms with van der Waals surface area (Å²) in [5.74, 6) is 0.978. The van der Waals surface area contributed by atoms with Gasteiger partial charge in [-0.1, -0.05) is 40.0 Å². The van der Waals surface area contributed by atoms with Crippen molar-refractivity contribution in [2.45, 2.75) is 52.5 Å². The molecule has 3 unspecified atom stereocenters. The van der Waals surface area contributed by atoms with Crippen LogP contribution in [0.5, 0.6) is 0 Å². The van der Waals surface area contributed by atoms with Crippen molar-refractivity contribution in [3.05, 3.63) is 0 Å². The monoisotopic (exact) mass is 187 g/mol. The van der Waals surface area contributed by atoms with Gasteiger partial charge in [-0.05, 0) is 18.8 Å². The van der Waals surface area contributed by atoms with E-state index in [0.717, 1.165) is 0 Å². The Balaban J connectivity index is 4.00. The SMILES string of the molecule is CCCCC(C)C(C)C(C)(N)CO. The minimum absolute atomic E-state index is 0.0740. The van der Waals surface area contributed by atoms with Crippen molar-refractivity contribution >= 4 is 0 Å². The first kappa shape index (κ1) is 12.9. The van der Waals surface area contributed by atoms with Gasteiger partial charge in [0.25, 0.3) is 0 Å². The summed E-state index contributed by atoms with van der Waals surface area (Å²) in [6.45, 7) is 8.56. The lowest BCUT2D eigenvalue weighted by Crippen LogP contribution is -2.48. The lowest BCUT2D eigenvalue weighted by Gasteiger charge is -2.34. The fourth-order valence-corrected chi connectivity index (χ4v) is 1.57. The predicted octanol–water partition coefficient (Wildman–Crippen LogP) is 2.16. The molecule has 0 bridgehead atoms. The predicted molar refractivity (Wildman–Crippen MR) is 57.5 cm³/mol. The Bertz CT molecular complexity index is 134. The molecule has 3 atom stereocenters. The molecule has 0 aliphatic rings. The fraction of sp³-hybridized carbons (Fsp3) is 1.00. The van der Waals surface area contributed by atoms with Crippen LogP contribution in [0.4, 0.5) is 0 Å². The van der Waals surface area contributed by atoms with Crippen molar-refractivity contribution in [3.8, 4) is 0 Å². The van der Waals surface area contributed by atoms with E-state index in [-0.39, 0.29) is 6.61 Å². The van der Waals surface area contributed by atoms with Crippen LogP contribution in [0.2, 0.25) is 0 Å². The molecule has 0 radical (unpaired) electrons. The third-order valence-electron chi connectivity index (χ3n) is 3.25. The first-order valence-electron chi connectivity index (χ1n) is 5.35. The van der Waals surface area contributed by atoms with Crippen LogP contribution in [0.25, 0.3) is 0 Å². The van der Waals surface area contributed by atoms with Crippen LogP contribution >= 0.6 is 0 Å². The Hall–Kier alpha value is -0.0800. The molecule has 0 aliphatic heterocycles. The number of hydrogen-bond acceptors (Lipinski definition) is 2. The first-order valence-corrected chi connectivity index (χ1v) is 5.35. The van der Waals surface area contributed by atoms with E-state index in [1.165, 1.54) is 19.3 Å². The van der Waals surface area contributed by atoms with Gasteiger partial charge in [-0.25, -0.2) is 0 Å². The van der Waals surface area contributed by atoms with E-state index in [4.69, 9.17) is 10.8 Å². The number of aliphatic hydroxyl groups excluding tert-OH is 1. The zero-order valence-corrected chi connectivity index (χ0v) is 9.51. The third-order valence-corrected chi connectivity index (χ3v) is 3.25. The molecule has 0 rings (SSSR count). The van der Waals surface area contributed by atoms with Crippen molar-refractivity contribution in [1.82, 2.24) is 0 Å². The molecule has 0 aliphatic carbocycles. The van der Waals surface area contributed by atoms with Gasteiger partial charge in [0, 0.05) is 5.54 Å². The summed E-state index contributed by atoms with van der Waals surface area (Å²) in [5, 5.41) is 9.11. The van der Waals surface area contributed by atoms with Gasteiger partial charge < -0.3 is 10.8 Å². The van der Waals surface area contributed by atoms with Crippen LogP contribution in [0.1, 0.15) is 47.0 Å². The molecule has 0 aromatic rings. The average molecular weight is 187 g/mol. The zero-order chi connectivity index (χ0) is 10.5. The normalized spacial score (nSPS) is 20.8. The summed E-state index contributed by atoms with van der Waals surface area (Å²) < 4.78 is 0. The first-order chi connectivity index (χ1) is 5.95.